The third-order valence-electron chi connectivity index (χ3n) is 4.35. The van der Waals surface area contributed by atoms with Gasteiger partial charge in [0.1, 0.15) is 11.0 Å². The fourth-order valence-corrected chi connectivity index (χ4v) is 3.56. The van der Waals surface area contributed by atoms with Crippen LogP contribution in [0.5, 0.6) is 0 Å². The van der Waals surface area contributed by atoms with Crippen LogP contribution in [0.1, 0.15) is 17.4 Å². The summed E-state index contributed by atoms with van der Waals surface area (Å²) in [6, 6.07) is 3.52. The lowest BCUT2D eigenvalue weighted by Gasteiger charge is -2.40. The number of carbonyl (C=O) groups is 1. The number of carbonyl (C=O) groups excluding carboxylic acids is 1. The van der Waals surface area contributed by atoms with E-state index in [1.165, 1.54) is 12.3 Å². The molecular formula is C18H17F5N4O3S. The number of nitrogens with zero attached hydrogens (tertiary/aromatic N) is 3. The molecular weight excluding hydrogens is 447 g/mol. The first-order valence-corrected chi connectivity index (χ1v) is 10.6. The molecule has 3 aromatic rings. The zero-order valence-corrected chi connectivity index (χ0v) is 16.5. The van der Waals surface area contributed by atoms with Crippen LogP contribution >= 0.6 is 10.2 Å². The standard InChI is InChI=1S/C18H17F5N4O3S/c1-2-16(30)25-9-14-17-13(15(29)10-28)7-8-24-18(17)27(26-14)11-3-5-12(6-4-11)31(19,20,21,22)23/h2-8,15,28-29H,1,9-10H2,(H,25,30)/t15-/m0/s1. The molecule has 3 rings (SSSR count). The van der Waals surface area contributed by atoms with Gasteiger partial charge in [-0.1, -0.05) is 26.0 Å². The van der Waals surface area contributed by atoms with E-state index in [4.69, 9.17) is 0 Å². The highest BCUT2D eigenvalue weighted by Crippen LogP contribution is 3.02. The van der Waals surface area contributed by atoms with Crippen LogP contribution < -0.4 is 5.32 Å². The molecule has 1 amide bonds. The van der Waals surface area contributed by atoms with Gasteiger partial charge in [0.05, 0.1) is 29.9 Å². The number of aliphatic hydroxyl groups is 2. The Morgan fingerprint density at radius 2 is 1.84 bits per heavy atom. The van der Waals surface area contributed by atoms with E-state index in [0.717, 1.165) is 22.9 Å². The van der Waals surface area contributed by atoms with Crippen molar-refractivity contribution in [2.75, 3.05) is 6.61 Å². The minimum atomic E-state index is -9.84. The number of rotatable bonds is 7. The largest absolute Gasteiger partial charge is 0.393 e. The molecule has 2 heterocycles. The first kappa shape index (κ1) is 22.7. The molecule has 0 aliphatic rings. The Balaban J connectivity index is 2.17. The maximum atomic E-state index is 13.0. The Bertz CT molecular complexity index is 1160. The van der Waals surface area contributed by atoms with Crippen LogP contribution in [0.2, 0.25) is 0 Å². The second kappa shape index (κ2) is 7.00. The molecule has 0 aliphatic heterocycles. The lowest BCUT2D eigenvalue weighted by Crippen LogP contribution is -2.20. The lowest BCUT2D eigenvalue weighted by atomic mass is 10.1. The van der Waals surface area contributed by atoms with Gasteiger partial charge < -0.3 is 15.5 Å². The summed E-state index contributed by atoms with van der Waals surface area (Å²) in [5.41, 5.74) is 0.454. The van der Waals surface area contributed by atoms with Crippen LogP contribution in [-0.4, -0.2) is 37.5 Å². The number of halogens is 5. The quantitative estimate of drug-likeness (QED) is 0.364. The van der Waals surface area contributed by atoms with Crippen LogP contribution in [0.25, 0.3) is 16.7 Å². The Hall–Kier alpha value is -3.03. The van der Waals surface area contributed by atoms with E-state index in [1.807, 2.05) is 0 Å². The number of nitrogens with one attached hydrogen (secondary N) is 1. The van der Waals surface area contributed by atoms with Gasteiger partial charge in [-0.3, -0.25) is 4.79 Å². The third kappa shape index (κ3) is 4.68. The number of amides is 1. The Kier molecular flexibility index (Phi) is 5.12. The Morgan fingerprint density at radius 3 is 2.39 bits per heavy atom. The van der Waals surface area contributed by atoms with Gasteiger partial charge in [-0.25, -0.2) is 9.67 Å². The maximum Gasteiger partial charge on any atom is 0.310 e. The average molecular weight is 464 g/mol. The Morgan fingerprint density at radius 1 is 1.19 bits per heavy atom. The van der Waals surface area contributed by atoms with Crippen molar-refractivity contribution in [1.29, 1.82) is 0 Å². The van der Waals surface area contributed by atoms with Gasteiger partial charge in [-0.2, -0.15) is 5.10 Å². The van der Waals surface area contributed by atoms with Gasteiger partial charge in [0.2, 0.25) is 5.91 Å². The van der Waals surface area contributed by atoms with Crippen molar-refractivity contribution >= 4 is 27.2 Å². The average Bonchev–Trinajstić information content (AvgIpc) is 3.08. The molecule has 0 spiro atoms. The van der Waals surface area contributed by atoms with Gasteiger partial charge in [-0.15, -0.1) is 0 Å². The van der Waals surface area contributed by atoms with Crippen molar-refractivity contribution in [1.82, 2.24) is 20.1 Å². The monoisotopic (exact) mass is 464 g/mol. The summed E-state index contributed by atoms with van der Waals surface area (Å²) in [7, 11) is -9.84. The van der Waals surface area contributed by atoms with Crippen LogP contribution in [0.15, 0.2) is 54.1 Å². The maximum absolute atomic E-state index is 13.0. The van der Waals surface area contributed by atoms with Gasteiger partial charge in [0, 0.05) is 6.20 Å². The summed E-state index contributed by atoms with van der Waals surface area (Å²) in [5.74, 6) is -0.531. The van der Waals surface area contributed by atoms with Crippen molar-refractivity contribution in [3.8, 4) is 5.69 Å². The molecule has 0 radical (unpaired) electrons. The highest BCUT2D eigenvalue weighted by Gasteiger charge is 2.65. The molecule has 1 atom stereocenters. The summed E-state index contributed by atoms with van der Waals surface area (Å²) in [6.45, 7) is 2.52. The lowest BCUT2D eigenvalue weighted by molar-refractivity contribution is -0.116. The zero-order chi connectivity index (χ0) is 23.1. The van der Waals surface area contributed by atoms with E-state index >= 15 is 0 Å². The van der Waals surface area contributed by atoms with Crippen molar-refractivity contribution in [2.24, 2.45) is 0 Å². The van der Waals surface area contributed by atoms with E-state index in [0.29, 0.717) is 0 Å². The summed E-state index contributed by atoms with van der Waals surface area (Å²) in [4.78, 5) is 13.6. The van der Waals surface area contributed by atoms with Gasteiger partial charge in [-0.05, 0) is 42.0 Å². The van der Waals surface area contributed by atoms with Gasteiger partial charge >= 0.3 is 10.2 Å². The van der Waals surface area contributed by atoms with E-state index in [-0.39, 0.29) is 46.7 Å². The summed E-state index contributed by atoms with van der Waals surface area (Å²) in [5, 5.41) is 26.4. The fourth-order valence-electron chi connectivity index (χ4n) is 2.91. The first-order valence-electron chi connectivity index (χ1n) is 8.65. The molecule has 31 heavy (non-hydrogen) atoms. The number of hydrogen-bond donors (Lipinski definition) is 3. The fraction of sp³-hybridized carbons (Fsp3) is 0.167. The minimum absolute atomic E-state index is 0.0139. The van der Waals surface area contributed by atoms with E-state index in [2.05, 4.69) is 22.0 Å². The molecule has 2 aromatic heterocycles. The first-order chi connectivity index (χ1) is 14.2. The number of benzene rings is 1. The predicted molar refractivity (Wildman–Crippen MR) is 104 cm³/mol. The topological polar surface area (TPSA) is 100 Å². The summed E-state index contributed by atoms with van der Waals surface area (Å²) >= 11 is 0. The molecule has 0 unspecified atom stereocenters. The molecule has 1 aromatic carbocycles. The number of hydrogen-bond acceptors (Lipinski definition) is 5. The molecule has 3 N–H and O–H groups in total. The smallest absolute Gasteiger partial charge is 0.310 e. The number of pyridine rings is 1. The highest BCUT2D eigenvalue weighted by atomic mass is 32.5. The summed E-state index contributed by atoms with van der Waals surface area (Å²) < 4.78 is 66.1. The molecule has 7 nitrogen and oxygen atoms in total. The van der Waals surface area contributed by atoms with Crippen molar-refractivity contribution in [2.45, 2.75) is 17.5 Å². The highest BCUT2D eigenvalue weighted by molar-refractivity contribution is 8.45. The molecule has 13 heteroatoms. The van der Waals surface area contributed by atoms with Gasteiger partial charge in [0.15, 0.2) is 5.65 Å². The molecule has 0 saturated carbocycles. The molecule has 0 saturated heterocycles. The molecule has 168 valence electrons. The van der Waals surface area contributed by atoms with Gasteiger partial charge in [0.25, 0.3) is 0 Å². The second-order valence-electron chi connectivity index (χ2n) is 6.54. The van der Waals surface area contributed by atoms with E-state index in [1.54, 1.807) is 0 Å². The molecule has 0 aliphatic carbocycles. The SMILES string of the molecule is C=CC(=O)NCc1nn(-c2ccc(S(F)(F)(F)(F)F)cc2)c2nccc([C@@H](O)CO)c12. The zero-order valence-electron chi connectivity index (χ0n) is 15.7. The van der Waals surface area contributed by atoms with Crippen molar-refractivity contribution in [3.05, 3.63) is 60.4 Å². The van der Waals surface area contributed by atoms with Crippen LogP contribution in [0, 0.1) is 0 Å². The van der Waals surface area contributed by atoms with Crippen molar-refractivity contribution in [3.63, 3.8) is 0 Å². The second-order valence-corrected chi connectivity index (χ2v) is 8.95. The van der Waals surface area contributed by atoms with Crippen LogP contribution in [0.3, 0.4) is 0 Å². The number of aliphatic hydroxyl groups excluding tert-OH is 2. The molecule has 0 fully saturated rings. The molecule has 0 bridgehead atoms. The van der Waals surface area contributed by atoms with E-state index in [9.17, 15) is 34.4 Å². The third-order valence-corrected chi connectivity index (χ3v) is 5.51. The minimum Gasteiger partial charge on any atom is -0.393 e. The van der Waals surface area contributed by atoms with E-state index < -0.39 is 33.7 Å². The van der Waals surface area contributed by atoms with Crippen LogP contribution in [-0.2, 0) is 11.3 Å². The predicted octanol–water partition coefficient (Wildman–Crippen LogP) is 3.91. The summed E-state index contributed by atoms with van der Waals surface area (Å²) in [6.07, 6.45) is 0.969. The van der Waals surface area contributed by atoms with Crippen LogP contribution in [0.4, 0.5) is 19.4 Å². The normalized spacial score (nSPS) is 15.2. The number of aromatic nitrogens is 3. The Labute approximate surface area is 172 Å². The van der Waals surface area contributed by atoms with Crippen molar-refractivity contribution < 1.29 is 34.4 Å². The number of fused-ring (bicyclic) bond motifs is 1.